The number of aliphatic hydroxyl groups is 1. The normalized spacial score (nSPS) is 13.9. The van der Waals surface area contributed by atoms with E-state index in [9.17, 15) is 13.5 Å². The first kappa shape index (κ1) is 15.5. The van der Waals surface area contributed by atoms with Crippen LogP contribution in [0.15, 0.2) is 76.5 Å². The summed E-state index contributed by atoms with van der Waals surface area (Å²) in [5.41, 5.74) is 0.708. The van der Waals surface area contributed by atoms with Crippen molar-refractivity contribution >= 4 is 9.84 Å². The Morgan fingerprint density at radius 3 is 2.10 bits per heavy atom. The molecule has 2 aromatic carbocycles. The summed E-state index contributed by atoms with van der Waals surface area (Å²) in [5, 5.41) is 10.2. The van der Waals surface area contributed by atoms with Crippen LogP contribution in [0.1, 0.15) is 25.0 Å². The third kappa shape index (κ3) is 3.60. The molecule has 1 N–H and O–H groups in total. The van der Waals surface area contributed by atoms with Gasteiger partial charge in [0.25, 0.3) is 0 Å². The van der Waals surface area contributed by atoms with E-state index >= 15 is 0 Å². The Balaban J connectivity index is 2.26. The maximum Gasteiger partial charge on any atom is 0.202 e. The van der Waals surface area contributed by atoms with Crippen LogP contribution in [0.5, 0.6) is 0 Å². The Labute approximate surface area is 125 Å². The molecule has 0 heterocycles. The van der Waals surface area contributed by atoms with Crippen LogP contribution in [0.25, 0.3) is 0 Å². The summed E-state index contributed by atoms with van der Waals surface area (Å²) in [6.45, 7) is 1.67. The standard InChI is InChI=1S/C17H18O3S/c1-2-15(13-17(18)14-9-5-3-6-10-14)21(19,20)16-11-7-4-8-12-16/h2-12,17-18H,13H2,1H3/b15-2-. The van der Waals surface area contributed by atoms with Crippen molar-refractivity contribution in [1.29, 1.82) is 0 Å². The van der Waals surface area contributed by atoms with E-state index in [4.69, 9.17) is 0 Å². The molecule has 4 heteroatoms. The minimum atomic E-state index is -3.55. The van der Waals surface area contributed by atoms with Gasteiger partial charge in [0, 0.05) is 11.3 Å². The number of rotatable bonds is 5. The van der Waals surface area contributed by atoms with Gasteiger partial charge in [0.05, 0.1) is 11.0 Å². The lowest BCUT2D eigenvalue weighted by Gasteiger charge is -2.14. The van der Waals surface area contributed by atoms with Crippen molar-refractivity contribution in [3.8, 4) is 0 Å². The van der Waals surface area contributed by atoms with Gasteiger partial charge in [0.1, 0.15) is 0 Å². The SMILES string of the molecule is C/C=C(/CC(O)c1ccccc1)S(=O)(=O)c1ccccc1. The summed E-state index contributed by atoms with van der Waals surface area (Å²) in [6.07, 6.45) is 0.780. The monoisotopic (exact) mass is 302 g/mol. The maximum absolute atomic E-state index is 12.6. The minimum absolute atomic E-state index is 0.0672. The van der Waals surface area contributed by atoms with E-state index in [2.05, 4.69) is 0 Å². The highest BCUT2D eigenvalue weighted by Crippen LogP contribution is 2.28. The second-order valence-electron chi connectivity index (χ2n) is 4.70. The van der Waals surface area contributed by atoms with E-state index in [1.807, 2.05) is 18.2 Å². The summed E-state index contributed by atoms with van der Waals surface area (Å²) in [7, 11) is -3.55. The van der Waals surface area contributed by atoms with Crippen molar-refractivity contribution in [2.75, 3.05) is 0 Å². The smallest absolute Gasteiger partial charge is 0.202 e. The van der Waals surface area contributed by atoms with Crippen molar-refractivity contribution in [3.63, 3.8) is 0 Å². The van der Waals surface area contributed by atoms with E-state index in [0.29, 0.717) is 5.56 Å². The van der Waals surface area contributed by atoms with Crippen molar-refractivity contribution in [2.45, 2.75) is 24.3 Å². The zero-order valence-corrected chi connectivity index (χ0v) is 12.6. The van der Waals surface area contributed by atoms with Crippen LogP contribution in [0, 0.1) is 0 Å². The molecule has 0 aliphatic carbocycles. The van der Waals surface area contributed by atoms with Gasteiger partial charge in [-0.05, 0) is 24.6 Å². The fourth-order valence-electron chi connectivity index (χ4n) is 2.12. The maximum atomic E-state index is 12.6. The molecule has 2 rings (SSSR count). The van der Waals surface area contributed by atoms with Crippen molar-refractivity contribution < 1.29 is 13.5 Å². The van der Waals surface area contributed by atoms with Gasteiger partial charge in [-0.25, -0.2) is 8.42 Å². The van der Waals surface area contributed by atoms with Crippen molar-refractivity contribution in [3.05, 3.63) is 77.2 Å². The number of aliphatic hydroxyl groups excluding tert-OH is 1. The summed E-state index contributed by atoms with van der Waals surface area (Å²) in [5.74, 6) is 0. The first-order valence-electron chi connectivity index (χ1n) is 6.74. The molecule has 0 bridgehead atoms. The molecule has 0 aliphatic rings. The largest absolute Gasteiger partial charge is 0.388 e. The summed E-state index contributed by atoms with van der Waals surface area (Å²) >= 11 is 0. The summed E-state index contributed by atoms with van der Waals surface area (Å²) < 4.78 is 25.1. The Bertz CT molecular complexity index is 704. The second kappa shape index (κ2) is 6.70. The number of hydrogen-bond donors (Lipinski definition) is 1. The van der Waals surface area contributed by atoms with Crippen molar-refractivity contribution in [1.82, 2.24) is 0 Å². The summed E-state index contributed by atoms with van der Waals surface area (Å²) in [4.78, 5) is 0.475. The number of hydrogen-bond acceptors (Lipinski definition) is 3. The third-order valence-electron chi connectivity index (χ3n) is 3.30. The highest BCUT2D eigenvalue weighted by Gasteiger charge is 2.22. The molecule has 0 saturated carbocycles. The topological polar surface area (TPSA) is 54.4 Å². The highest BCUT2D eigenvalue weighted by molar-refractivity contribution is 7.95. The summed E-state index contributed by atoms with van der Waals surface area (Å²) in [6, 6.07) is 17.3. The van der Waals surface area contributed by atoms with Crippen LogP contribution in [0.4, 0.5) is 0 Å². The van der Waals surface area contributed by atoms with E-state index in [0.717, 1.165) is 0 Å². The average Bonchev–Trinajstić information content (AvgIpc) is 2.53. The molecule has 1 unspecified atom stereocenters. The van der Waals surface area contributed by atoms with Gasteiger partial charge in [0.2, 0.25) is 9.84 Å². The fourth-order valence-corrected chi connectivity index (χ4v) is 3.62. The minimum Gasteiger partial charge on any atom is -0.388 e. The molecule has 3 nitrogen and oxygen atoms in total. The Morgan fingerprint density at radius 2 is 1.57 bits per heavy atom. The van der Waals surface area contributed by atoms with Gasteiger partial charge in [-0.2, -0.15) is 0 Å². The molecule has 0 aliphatic heterocycles. The van der Waals surface area contributed by atoms with E-state index < -0.39 is 15.9 Å². The molecular weight excluding hydrogens is 284 g/mol. The lowest BCUT2D eigenvalue weighted by atomic mass is 10.1. The van der Waals surface area contributed by atoms with E-state index in [-0.39, 0.29) is 16.2 Å². The first-order chi connectivity index (χ1) is 10.1. The Kier molecular flexibility index (Phi) is 4.94. The molecule has 0 spiro atoms. The quantitative estimate of drug-likeness (QED) is 0.920. The molecular formula is C17H18O3S. The van der Waals surface area contributed by atoms with Crippen LogP contribution >= 0.6 is 0 Å². The molecule has 0 aromatic heterocycles. The Hall–Kier alpha value is -1.91. The van der Waals surface area contributed by atoms with Crippen molar-refractivity contribution in [2.24, 2.45) is 0 Å². The van der Waals surface area contributed by atoms with Gasteiger partial charge in [0.15, 0.2) is 0 Å². The number of sulfone groups is 1. The zero-order chi connectivity index (χ0) is 15.3. The number of benzene rings is 2. The molecule has 0 saturated heterocycles. The van der Waals surface area contributed by atoms with Gasteiger partial charge in [-0.3, -0.25) is 0 Å². The molecule has 0 amide bonds. The molecule has 1 atom stereocenters. The van der Waals surface area contributed by atoms with Gasteiger partial charge in [-0.15, -0.1) is 0 Å². The zero-order valence-electron chi connectivity index (χ0n) is 11.8. The predicted molar refractivity (Wildman–Crippen MR) is 83.4 cm³/mol. The van der Waals surface area contributed by atoms with Gasteiger partial charge < -0.3 is 5.11 Å². The second-order valence-corrected chi connectivity index (χ2v) is 6.70. The predicted octanol–water partition coefficient (Wildman–Crippen LogP) is 3.49. The molecule has 110 valence electrons. The number of allylic oxidation sites excluding steroid dienone is 1. The molecule has 0 fully saturated rings. The highest BCUT2D eigenvalue weighted by atomic mass is 32.2. The van der Waals surface area contributed by atoms with Crippen LogP contribution < -0.4 is 0 Å². The first-order valence-corrected chi connectivity index (χ1v) is 8.22. The molecule has 21 heavy (non-hydrogen) atoms. The Morgan fingerprint density at radius 1 is 1.05 bits per heavy atom. The van der Waals surface area contributed by atoms with Gasteiger partial charge in [-0.1, -0.05) is 54.6 Å². The lowest BCUT2D eigenvalue weighted by molar-refractivity contribution is 0.180. The van der Waals surface area contributed by atoms with Crippen LogP contribution in [-0.4, -0.2) is 13.5 Å². The van der Waals surface area contributed by atoms with Gasteiger partial charge >= 0.3 is 0 Å². The van der Waals surface area contributed by atoms with E-state index in [1.54, 1.807) is 55.5 Å². The molecule has 2 aromatic rings. The average molecular weight is 302 g/mol. The fraction of sp³-hybridized carbons (Fsp3) is 0.176. The van der Waals surface area contributed by atoms with Crippen LogP contribution in [0.2, 0.25) is 0 Å². The van der Waals surface area contributed by atoms with Crippen LogP contribution in [-0.2, 0) is 9.84 Å². The van der Waals surface area contributed by atoms with Crippen LogP contribution in [0.3, 0.4) is 0 Å². The lowest BCUT2D eigenvalue weighted by Crippen LogP contribution is -2.09. The third-order valence-corrected chi connectivity index (χ3v) is 5.29. The van der Waals surface area contributed by atoms with E-state index in [1.165, 1.54) is 0 Å². The molecule has 0 radical (unpaired) electrons.